The number of pyridine rings is 1. The highest BCUT2D eigenvalue weighted by atomic mass is 79.9. The number of anilines is 1. The lowest BCUT2D eigenvalue weighted by molar-refractivity contribution is -0.145. The number of benzene rings is 1. The lowest BCUT2D eigenvalue weighted by Gasteiger charge is -2.13. The molecule has 0 aliphatic heterocycles. The third-order valence-electron chi connectivity index (χ3n) is 3.49. The molecular formula is C19H19BrF3N3O4. The molecule has 0 spiro atoms. The molecule has 0 atom stereocenters. The maximum absolute atomic E-state index is 12.6. The molecule has 0 bridgehead atoms. The first kappa shape index (κ1) is 23.5. The smallest absolute Gasteiger partial charge is 0.417 e. The molecular weight excluding hydrogens is 471 g/mol. The molecule has 0 saturated heterocycles. The Morgan fingerprint density at radius 1 is 1.20 bits per heavy atom. The maximum atomic E-state index is 12.6. The minimum atomic E-state index is -4.45. The van der Waals surface area contributed by atoms with E-state index in [0.29, 0.717) is 28.1 Å². The van der Waals surface area contributed by atoms with E-state index in [1.165, 1.54) is 12.3 Å². The fourth-order valence-corrected chi connectivity index (χ4v) is 2.59. The number of carbonyl (C=O) groups is 1. The van der Waals surface area contributed by atoms with Gasteiger partial charge in [-0.2, -0.15) is 18.3 Å². The average molecular weight is 490 g/mol. The number of hydrogen-bond donors (Lipinski definition) is 1. The summed E-state index contributed by atoms with van der Waals surface area (Å²) >= 11 is 3.38. The van der Waals surface area contributed by atoms with Gasteiger partial charge in [-0.1, -0.05) is 0 Å². The fourth-order valence-electron chi connectivity index (χ4n) is 2.17. The molecule has 2 rings (SSSR count). The summed E-state index contributed by atoms with van der Waals surface area (Å²) in [5.41, 5.74) is 2.31. The van der Waals surface area contributed by atoms with Gasteiger partial charge in [0, 0.05) is 16.2 Å². The van der Waals surface area contributed by atoms with Gasteiger partial charge in [0.25, 0.3) is 0 Å². The largest absolute Gasteiger partial charge is 0.490 e. The summed E-state index contributed by atoms with van der Waals surface area (Å²) in [6.07, 6.45) is -2.30. The van der Waals surface area contributed by atoms with E-state index in [1.54, 1.807) is 26.0 Å². The molecule has 0 radical (unpaired) electrons. The van der Waals surface area contributed by atoms with Crippen molar-refractivity contribution >= 4 is 33.9 Å². The molecule has 2 aromatic rings. The van der Waals surface area contributed by atoms with Crippen LogP contribution in [-0.2, 0) is 15.7 Å². The van der Waals surface area contributed by atoms with Crippen LogP contribution in [0.5, 0.6) is 11.5 Å². The number of nitrogens with zero attached hydrogens (tertiary/aromatic N) is 2. The quantitative estimate of drug-likeness (QED) is 0.313. The van der Waals surface area contributed by atoms with E-state index in [4.69, 9.17) is 14.2 Å². The monoisotopic (exact) mass is 489 g/mol. The first-order chi connectivity index (χ1) is 14.2. The molecule has 11 heteroatoms. The molecule has 0 aliphatic carbocycles. The summed E-state index contributed by atoms with van der Waals surface area (Å²) in [5.74, 6) is 0.371. The predicted octanol–water partition coefficient (Wildman–Crippen LogP) is 4.65. The normalized spacial score (nSPS) is 11.4. The molecule has 0 fully saturated rings. The Hall–Kier alpha value is -2.82. The minimum absolute atomic E-state index is 0.148. The summed E-state index contributed by atoms with van der Waals surface area (Å²) in [6.45, 7) is 3.84. The number of hydrogen-bond acceptors (Lipinski definition) is 7. The maximum Gasteiger partial charge on any atom is 0.417 e. The fraction of sp³-hybridized carbons (Fsp3) is 0.316. The Morgan fingerprint density at radius 3 is 2.53 bits per heavy atom. The number of nitrogens with one attached hydrogen (secondary N) is 1. The highest BCUT2D eigenvalue weighted by molar-refractivity contribution is 9.10. The molecule has 1 N–H and O–H groups in total. The molecule has 1 aromatic carbocycles. The van der Waals surface area contributed by atoms with Gasteiger partial charge in [0.2, 0.25) is 0 Å². The molecule has 0 saturated carbocycles. The third kappa shape index (κ3) is 6.90. The zero-order chi connectivity index (χ0) is 22.1. The lowest BCUT2D eigenvalue weighted by atomic mass is 10.2. The Bertz CT molecular complexity index is 890. The topological polar surface area (TPSA) is 82.0 Å². The first-order valence-electron chi connectivity index (χ1n) is 8.81. The summed E-state index contributed by atoms with van der Waals surface area (Å²) in [6, 6.07) is 5.33. The van der Waals surface area contributed by atoms with Gasteiger partial charge in [0.1, 0.15) is 5.82 Å². The van der Waals surface area contributed by atoms with Crippen LogP contribution in [0.25, 0.3) is 0 Å². The van der Waals surface area contributed by atoms with E-state index >= 15 is 0 Å². The van der Waals surface area contributed by atoms with E-state index in [2.05, 4.69) is 31.4 Å². The summed E-state index contributed by atoms with van der Waals surface area (Å²) < 4.78 is 54.1. The molecule has 0 unspecified atom stereocenters. The van der Waals surface area contributed by atoms with Crippen LogP contribution in [0, 0.1) is 0 Å². The van der Waals surface area contributed by atoms with Gasteiger partial charge in [-0.25, -0.2) is 9.78 Å². The van der Waals surface area contributed by atoms with Crippen LogP contribution in [0.3, 0.4) is 0 Å². The lowest BCUT2D eigenvalue weighted by Crippen LogP contribution is -2.15. The second-order valence-corrected chi connectivity index (χ2v) is 6.50. The Kier molecular flexibility index (Phi) is 8.46. The Labute approximate surface area is 179 Å². The number of aromatic nitrogens is 1. The van der Waals surface area contributed by atoms with E-state index in [9.17, 15) is 18.0 Å². The van der Waals surface area contributed by atoms with E-state index in [-0.39, 0.29) is 19.0 Å². The SMILES string of the molecule is CCOC(=O)COc1cc(Br)c(/C=N\Nc2ccc(C(F)(F)F)cn2)cc1OCC. The van der Waals surface area contributed by atoms with Crippen molar-refractivity contribution in [2.45, 2.75) is 20.0 Å². The first-order valence-corrected chi connectivity index (χ1v) is 9.61. The standard InChI is InChI=1S/C19H19BrF3N3O4/c1-3-28-15-7-12(14(20)8-16(15)30-11-18(27)29-4-2)9-25-26-17-6-5-13(10-24-17)19(21,22)23/h5-10H,3-4,11H2,1-2H3,(H,24,26)/b25-9-. The van der Waals surface area contributed by atoms with Gasteiger partial charge < -0.3 is 14.2 Å². The van der Waals surface area contributed by atoms with Crippen LogP contribution in [-0.4, -0.2) is 37.0 Å². The van der Waals surface area contributed by atoms with Gasteiger partial charge in [-0.15, -0.1) is 0 Å². The number of hydrazone groups is 1. The van der Waals surface area contributed by atoms with Gasteiger partial charge in [-0.05, 0) is 54.0 Å². The van der Waals surface area contributed by atoms with Crippen LogP contribution in [0.15, 0.2) is 40.0 Å². The number of alkyl halides is 3. The van der Waals surface area contributed by atoms with Crippen molar-refractivity contribution in [3.63, 3.8) is 0 Å². The molecule has 7 nitrogen and oxygen atoms in total. The van der Waals surface area contributed by atoms with E-state index in [1.807, 2.05) is 0 Å². The Morgan fingerprint density at radius 2 is 1.93 bits per heavy atom. The van der Waals surface area contributed by atoms with Crippen LogP contribution in [0.4, 0.5) is 19.0 Å². The number of ether oxygens (including phenoxy) is 3. The van der Waals surface area contributed by atoms with Crippen LogP contribution in [0.2, 0.25) is 0 Å². The number of esters is 1. The average Bonchev–Trinajstić information content (AvgIpc) is 2.69. The van der Waals surface area contributed by atoms with Crippen molar-refractivity contribution in [1.29, 1.82) is 0 Å². The van der Waals surface area contributed by atoms with Crippen LogP contribution < -0.4 is 14.9 Å². The van der Waals surface area contributed by atoms with Crippen molar-refractivity contribution in [3.8, 4) is 11.5 Å². The summed E-state index contributed by atoms with van der Waals surface area (Å²) in [7, 11) is 0. The predicted molar refractivity (Wildman–Crippen MR) is 108 cm³/mol. The summed E-state index contributed by atoms with van der Waals surface area (Å²) in [4.78, 5) is 15.2. The van der Waals surface area contributed by atoms with Crippen molar-refractivity contribution in [2.75, 3.05) is 25.2 Å². The Balaban J connectivity index is 2.11. The number of carbonyl (C=O) groups excluding carboxylic acids is 1. The second-order valence-electron chi connectivity index (χ2n) is 5.65. The molecule has 1 aromatic heterocycles. The van der Waals surface area contributed by atoms with E-state index in [0.717, 1.165) is 12.3 Å². The van der Waals surface area contributed by atoms with Crippen LogP contribution >= 0.6 is 15.9 Å². The molecule has 30 heavy (non-hydrogen) atoms. The second kappa shape index (κ2) is 10.8. The van der Waals surface area contributed by atoms with Gasteiger partial charge in [-0.3, -0.25) is 5.43 Å². The van der Waals surface area contributed by atoms with Crippen molar-refractivity contribution < 1.29 is 32.2 Å². The molecule has 1 heterocycles. The summed E-state index contributed by atoms with van der Waals surface area (Å²) in [5, 5.41) is 3.97. The van der Waals surface area contributed by atoms with Gasteiger partial charge in [0.05, 0.1) is 25.0 Å². The minimum Gasteiger partial charge on any atom is -0.490 e. The zero-order valence-corrected chi connectivity index (χ0v) is 17.7. The van der Waals surface area contributed by atoms with Crippen molar-refractivity contribution in [3.05, 3.63) is 46.1 Å². The molecule has 162 valence electrons. The molecule has 0 amide bonds. The van der Waals surface area contributed by atoms with Gasteiger partial charge in [0.15, 0.2) is 18.1 Å². The highest BCUT2D eigenvalue weighted by Gasteiger charge is 2.30. The zero-order valence-electron chi connectivity index (χ0n) is 16.1. The highest BCUT2D eigenvalue weighted by Crippen LogP contribution is 2.33. The van der Waals surface area contributed by atoms with Crippen molar-refractivity contribution in [1.82, 2.24) is 4.98 Å². The van der Waals surface area contributed by atoms with Crippen LogP contribution in [0.1, 0.15) is 25.0 Å². The van der Waals surface area contributed by atoms with Crippen molar-refractivity contribution in [2.24, 2.45) is 5.10 Å². The third-order valence-corrected chi connectivity index (χ3v) is 4.17. The molecule has 0 aliphatic rings. The van der Waals surface area contributed by atoms with Gasteiger partial charge >= 0.3 is 12.1 Å². The number of halogens is 4. The van der Waals surface area contributed by atoms with E-state index < -0.39 is 17.7 Å². The number of rotatable bonds is 9.